The number of aliphatic hydroxyl groups excluding tert-OH is 1. The van der Waals surface area contributed by atoms with Crippen molar-refractivity contribution in [1.29, 1.82) is 0 Å². The van der Waals surface area contributed by atoms with Crippen LogP contribution in [0.3, 0.4) is 0 Å². The molecule has 0 aliphatic heterocycles. The average molecular weight is 305 g/mol. The number of likely N-dealkylation sites (N-methyl/N-ethyl adjacent to an activating group) is 1. The smallest absolute Gasteiger partial charge is 0.0929 e. The Hall–Kier alpha value is -0.320. The lowest BCUT2D eigenvalue weighted by Gasteiger charge is -2.19. The Kier molecular flexibility index (Phi) is 7.73. The number of rotatable bonds is 8. The molecule has 0 bridgehead atoms. The third-order valence-electron chi connectivity index (χ3n) is 3.15. The van der Waals surface area contributed by atoms with Gasteiger partial charge in [-0.05, 0) is 31.3 Å². The fourth-order valence-corrected chi connectivity index (χ4v) is 2.32. The van der Waals surface area contributed by atoms with E-state index in [0.29, 0.717) is 22.2 Å². The van der Waals surface area contributed by atoms with Gasteiger partial charge < -0.3 is 15.3 Å². The fraction of sp³-hybridized carbons (Fsp3) is 0.571. The zero-order valence-electron chi connectivity index (χ0n) is 11.5. The number of benzene rings is 1. The average Bonchev–Trinajstić information content (AvgIpc) is 2.41. The molecule has 1 unspecified atom stereocenters. The maximum atomic E-state index is 10.1. The van der Waals surface area contributed by atoms with Gasteiger partial charge in [-0.25, -0.2) is 0 Å². The van der Waals surface area contributed by atoms with Gasteiger partial charge in [0.05, 0.1) is 6.10 Å². The summed E-state index contributed by atoms with van der Waals surface area (Å²) < 4.78 is 0. The lowest BCUT2D eigenvalue weighted by atomic mass is 10.1. The van der Waals surface area contributed by atoms with E-state index in [9.17, 15) is 5.11 Å². The minimum absolute atomic E-state index is 0.474. The van der Waals surface area contributed by atoms with Gasteiger partial charge in [0.2, 0.25) is 0 Å². The van der Waals surface area contributed by atoms with Crippen molar-refractivity contribution < 1.29 is 5.11 Å². The van der Waals surface area contributed by atoms with E-state index < -0.39 is 6.10 Å². The van der Waals surface area contributed by atoms with E-state index in [1.54, 1.807) is 18.2 Å². The molecule has 3 nitrogen and oxygen atoms in total. The highest BCUT2D eigenvalue weighted by Gasteiger charge is 2.11. The van der Waals surface area contributed by atoms with Gasteiger partial charge in [-0.3, -0.25) is 0 Å². The van der Waals surface area contributed by atoms with Crippen molar-refractivity contribution in [2.75, 3.05) is 32.7 Å². The van der Waals surface area contributed by atoms with E-state index in [1.165, 1.54) is 0 Å². The summed E-state index contributed by atoms with van der Waals surface area (Å²) in [4.78, 5) is 2.33. The summed E-state index contributed by atoms with van der Waals surface area (Å²) in [6.45, 7) is 8.66. The molecule has 2 N–H and O–H groups in total. The third kappa shape index (κ3) is 5.67. The van der Waals surface area contributed by atoms with Crippen LogP contribution in [0.1, 0.15) is 25.5 Å². The number of hydrogen-bond donors (Lipinski definition) is 2. The number of nitrogens with one attached hydrogen (secondary N) is 1. The molecule has 1 aromatic rings. The Labute approximate surface area is 125 Å². The van der Waals surface area contributed by atoms with Crippen molar-refractivity contribution in [3.8, 4) is 0 Å². The summed E-state index contributed by atoms with van der Waals surface area (Å²) >= 11 is 11.9. The Morgan fingerprint density at radius 2 is 1.95 bits per heavy atom. The number of hydrogen-bond acceptors (Lipinski definition) is 3. The number of halogens is 2. The highest BCUT2D eigenvalue weighted by Crippen LogP contribution is 2.25. The summed E-state index contributed by atoms with van der Waals surface area (Å²) in [5, 5.41) is 14.5. The fourth-order valence-electron chi connectivity index (χ4n) is 1.90. The molecule has 0 radical (unpaired) electrons. The van der Waals surface area contributed by atoms with Crippen LogP contribution in [0.25, 0.3) is 0 Å². The third-order valence-corrected chi connectivity index (χ3v) is 3.73. The molecule has 0 fully saturated rings. The van der Waals surface area contributed by atoms with E-state index in [4.69, 9.17) is 23.2 Å². The van der Waals surface area contributed by atoms with Gasteiger partial charge in [0.15, 0.2) is 0 Å². The molecule has 0 saturated heterocycles. The second kappa shape index (κ2) is 8.77. The first-order chi connectivity index (χ1) is 9.08. The molecule has 1 aromatic carbocycles. The molecule has 0 heterocycles. The summed E-state index contributed by atoms with van der Waals surface area (Å²) in [5.74, 6) is 0. The van der Waals surface area contributed by atoms with Crippen LogP contribution < -0.4 is 5.32 Å². The number of aliphatic hydroxyl groups is 1. The first-order valence-electron chi connectivity index (χ1n) is 6.64. The number of nitrogens with zero attached hydrogens (tertiary/aromatic N) is 1. The van der Waals surface area contributed by atoms with Crippen molar-refractivity contribution in [3.05, 3.63) is 33.8 Å². The quantitative estimate of drug-likeness (QED) is 0.725. The molecule has 0 aliphatic carbocycles. The largest absolute Gasteiger partial charge is 0.387 e. The van der Waals surface area contributed by atoms with Gasteiger partial charge in [0, 0.05) is 35.2 Å². The summed E-state index contributed by atoms with van der Waals surface area (Å²) in [6, 6.07) is 5.13. The SMILES string of the molecule is CCN(CC)CCNCC(O)c1cc(Cl)ccc1Cl. The van der Waals surface area contributed by atoms with Crippen LogP contribution in [0.4, 0.5) is 0 Å². The molecular weight excluding hydrogens is 283 g/mol. The van der Waals surface area contributed by atoms with Crippen LogP contribution in [0, 0.1) is 0 Å². The van der Waals surface area contributed by atoms with Gasteiger partial charge in [0.25, 0.3) is 0 Å². The Bertz CT molecular complexity index is 384. The van der Waals surface area contributed by atoms with E-state index in [0.717, 1.165) is 26.2 Å². The molecular formula is C14H22Cl2N2O. The molecule has 0 spiro atoms. The van der Waals surface area contributed by atoms with Gasteiger partial charge in [-0.1, -0.05) is 37.0 Å². The predicted molar refractivity (Wildman–Crippen MR) is 82.1 cm³/mol. The second-order valence-corrected chi connectivity index (χ2v) is 5.26. The van der Waals surface area contributed by atoms with Crippen LogP contribution in [0.5, 0.6) is 0 Å². The van der Waals surface area contributed by atoms with Crippen molar-refractivity contribution in [3.63, 3.8) is 0 Å². The maximum Gasteiger partial charge on any atom is 0.0929 e. The minimum Gasteiger partial charge on any atom is -0.387 e. The Morgan fingerprint density at radius 1 is 1.26 bits per heavy atom. The lowest BCUT2D eigenvalue weighted by molar-refractivity contribution is 0.172. The van der Waals surface area contributed by atoms with E-state index in [-0.39, 0.29) is 0 Å². The summed E-state index contributed by atoms with van der Waals surface area (Å²) in [5.41, 5.74) is 0.671. The van der Waals surface area contributed by atoms with Crippen LogP contribution in [0.2, 0.25) is 10.0 Å². The molecule has 0 aliphatic rings. The van der Waals surface area contributed by atoms with Gasteiger partial charge in [0.1, 0.15) is 0 Å². The van der Waals surface area contributed by atoms with E-state index in [2.05, 4.69) is 24.1 Å². The predicted octanol–water partition coefficient (Wildman–Crippen LogP) is 2.96. The van der Waals surface area contributed by atoms with Gasteiger partial charge in [-0.15, -0.1) is 0 Å². The zero-order chi connectivity index (χ0) is 14.3. The van der Waals surface area contributed by atoms with Crippen LogP contribution >= 0.6 is 23.2 Å². The first kappa shape index (κ1) is 16.7. The molecule has 108 valence electrons. The summed E-state index contributed by atoms with van der Waals surface area (Å²) in [7, 11) is 0. The van der Waals surface area contributed by atoms with E-state index in [1.807, 2.05) is 0 Å². The van der Waals surface area contributed by atoms with Gasteiger partial charge in [-0.2, -0.15) is 0 Å². The topological polar surface area (TPSA) is 35.5 Å². The monoisotopic (exact) mass is 304 g/mol. The zero-order valence-corrected chi connectivity index (χ0v) is 13.0. The molecule has 5 heteroatoms. The van der Waals surface area contributed by atoms with Gasteiger partial charge >= 0.3 is 0 Å². The first-order valence-corrected chi connectivity index (χ1v) is 7.40. The minimum atomic E-state index is -0.636. The summed E-state index contributed by atoms with van der Waals surface area (Å²) in [6.07, 6.45) is -0.636. The highest BCUT2D eigenvalue weighted by molar-refractivity contribution is 6.33. The Balaban J connectivity index is 2.39. The van der Waals surface area contributed by atoms with Crippen molar-refractivity contribution in [2.45, 2.75) is 20.0 Å². The lowest BCUT2D eigenvalue weighted by Crippen LogP contribution is -2.33. The Morgan fingerprint density at radius 3 is 2.58 bits per heavy atom. The standard InChI is InChI=1S/C14H22Cl2N2O/c1-3-18(4-2)8-7-17-10-14(19)12-9-11(15)5-6-13(12)16/h5-6,9,14,17,19H,3-4,7-8,10H2,1-2H3. The van der Waals surface area contributed by atoms with Crippen molar-refractivity contribution in [1.82, 2.24) is 10.2 Å². The van der Waals surface area contributed by atoms with Crippen LogP contribution in [0.15, 0.2) is 18.2 Å². The highest BCUT2D eigenvalue weighted by atomic mass is 35.5. The second-order valence-electron chi connectivity index (χ2n) is 4.41. The van der Waals surface area contributed by atoms with Crippen molar-refractivity contribution >= 4 is 23.2 Å². The molecule has 19 heavy (non-hydrogen) atoms. The van der Waals surface area contributed by atoms with Crippen LogP contribution in [-0.4, -0.2) is 42.7 Å². The van der Waals surface area contributed by atoms with Crippen LogP contribution in [-0.2, 0) is 0 Å². The molecule has 1 rings (SSSR count). The molecule has 0 saturated carbocycles. The molecule has 0 aromatic heterocycles. The van der Waals surface area contributed by atoms with E-state index >= 15 is 0 Å². The normalized spacial score (nSPS) is 12.9. The maximum absolute atomic E-state index is 10.1. The molecule has 1 atom stereocenters. The van der Waals surface area contributed by atoms with Crippen molar-refractivity contribution in [2.24, 2.45) is 0 Å². The molecule has 0 amide bonds.